The number of furan rings is 1. The molecule has 7 heteroatoms. The van der Waals surface area contributed by atoms with Crippen molar-refractivity contribution in [3.8, 4) is 17.1 Å². The Morgan fingerprint density at radius 1 is 1.10 bits per heavy atom. The van der Waals surface area contributed by atoms with Crippen LogP contribution in [0.1, 0.15) is 12.7 Å². The van der Waals surface area contributed by atoms with E-state index in [9.17, 15) is 4.79 Å². The largest absolute Gasteiger partial charge is 0.494 e. The van der Waals surface area contributed by atoms with E-state index in [1.165, 1.54) is 16.7 Å². The number of benzene rings is 2. The lowest BCUT2D eigenvalue weighted by Crippen LogP contribution is -2.27. The van der Waals surface area contributed by atoms with E-state index < -0.39 is 0 Å². The third-order valence-corrected chi connectivity index (χ3v) is 5.78. The van der Waals surface area contributed by atoms with Crippen LogP contribution in [0, 0.1) is 0 Å². The maximum absolute atomic E-state index is 12.9. The Kier molecular flexibility index (Phi) is 5.76. The summed E-state index contributed by atoms with van der Waals surface area (Å²) in [5.74, 6) is 1.87. The number of carbonyl (C=O) groups excluding carboxylic acids is 1. The number of nitrogens with zero attached hydrogens (tertiary/aromatic N) is 1. The lowest BCUT2D eigenvalue weighted by molar-refractivity contribution is -0.113. The van der Waals surface area contributed by atoms with Gasteiger partial charge in [-0.3, -0.25) is 9.69 Å². The molecule has 4 nitrogen and oxygen atoms in total. The van der Waals surface area contributed by atoms with Crippen LogP contribution >= 0.6 is 35.6 Å². The molecule has 2 aromatic carbocycles. The number of halogens is 1. The predicted octanol–water partition coefficient (Wildman–Crippen LogP) is 6.40. The van der Waals surface area contributed by atoms with Crippen molar-refractivity contribution in [3.63, 3.8) is 0 Å². The number of hydrogen-bond acceptors (Lipinski definition) is 5. The summed E-state index contributed by atoms with van der Waals surface area (Å²) in [4.78, 5) is 14.9. The first-order valence-corrected chi connectivity index (χ1v) is 10.5. The number of hydrogen-bond donors (Lipinski definition) is 0. The molecule has 0 radical (unpaired) electrons. The van der Waals surface area contributed by atoms with Crippen LogP contribution in [-0.2, 0) is 4.79 Å². The molecule has 146 valence electrons. The number of thioether (sulfide) groups is 1. The molecule has 1 aliphatic rings. The van der Waals surface area contributed by atoms with Crippen LogP contribution < -0.4 is 9.64 Å². The summed E-state index contributed by atoms with van der Waals surface area (Å²) >= 11 is 12.6. The fourth-order valence-electron chi connectivity index (χ4n) is 2.88. The lowest BCUT2D eigenvalue weighted by atomic mass is 10.2. The van der Waals surface area contributed by atoms with Crippen LogP contribution in [0.25, 0.3) is 17.4 Å². The van der Waals surface area contributed by atoms with Crippen molar-refractivity contribution in [1.82, 2.24) is 0 Å². The second kappa shape index (κ2) is 8.45. The Bertz CT molecular complexity index is 1090. The SMILES string of the molecule is CCOc1ccc(N2C(=O)C(=Cc3ccc(-c4ccc(Cl)cc4)o3)SC2=S)cc1. The van der Waals surface area contributed by atoms with Gasteiger partial charge in [-0.2, -0.15) is 0 Å². The zero-order chi connectivity index (χ0) is 20.4. The fourth-order valence-corrected chi connectivity index (χ4v) is 4.28. The van der Waals surface area contributed by atoms with Crippen molar-refractivity contribution < 1.29 is 13.9 Å². The molecule has 4 rings (SSSR count). The van der Waals surface area contributed by atoms with Crippen molar-refractivity contribution in [2.45, 2.75) is 6.92 Å². The standard InChI is InChI=1S/C22H16ClNO3S2/c1-2-26-17-9-7-16(8-10-17)24-21(25)20(29-22(24)28)13-18-11-12-19(27-18)14-3-5-15(23)6-4-14/h3-13H,2H2,1H3. The Morgan fingerprint density at radius 3 is 2.52 bits per heavy atom. The van der Waals surface area contributed by atoms with Crippen molar-refractivity contribution in [1.29, 1.82) is 0 Å². The molecule has 3 aromatic rings. The summed E-state index contributed by atoms with van der Waals surface area (Å²) in [5, 5.41) is 0.665. The number of amides is 1. The fraction of sp³-hybridized carbons (Fsp3) is 0.0909. The lowest BCUT2D eigenvalue weighted by Gasteiger charge is -2.15. The van der Waals surface area contributed by atoms with E-state index in [0.29, 0.717) is 38.1 Å². The Morgan fingerprint density at radius 2 is 1.83 bits per heavy atom. The van der Waals surface area contributed by atoms with E-state index in [1.54, 1.807) is 18.2 Å². The highest BCUT2D eigenvalue weighted by Gasteiger charge is 2.33. The molecule has 0 atom stereocenters. The molecular formula is C22H16ClNO3S2. The van der Waals surface area contributed by atoms with Gasteiger partial charge in [-0.05, 0) is 67.6 Å². The zero-order valence-corrected chi connectivity index (χ0v) is 17.8. The van der Waals surface area contributed by atoms with E-state index >= 15 is 0 Å². The van der Waals surface area contributed by atoms with Gasteiger partial charge in [0, 0.05) is 16.7 Å². The summed E-state index contributed by atoms with van der Waals surface area (Å²) in [5.41, 5.74) is 1.62. The second-order valence-electron chi connectivity index (χ2n) is 6.15. The molecule has 29 heavy (non-hydrogen) atoms. The van der Waals surface area contributed by atoms with Gasteiger partial charge in [0.25, 0.3) is 5.91 Å². The second-order valence-corrected chi connectivity index (χ2v) is 8.27. The molecule has 1 aliphatic heterocycles. The minimum Gasteiger partial charge on any atom is -0.494 e. The smallest absolute Gasteiger partial charge is 0.270 e. The number of thiocarbonyl (C=S) groups is 1. The molecule has 1 saturated heterocycles. The molecule has 0 saturated carbocycles. The number of anilines is 1. The van der Waals surface area contributed by atoms with Crippen LogP contribution in [0.4, 0.5) is 5.69 Å². The normalized spacial score (nSPS) is 15.4. The van der Waals surface area contributed by atoms with Gasteiger partial charge in [0.15, 0.2) is 4.32 Å². The number of rotatable bonds is 5. The van der Waals surface area contributed by atoms with Crippen molar-refractivity contribution in [2.24, 2.45) is 0 Å². The molecule has 0 unspecified atom stereocenters. The van der Waals surface area contributed by atoms with E-state index in [4.69, 9.17) is 33.0 Å². The van der Waals surface area contributed by atoms with Gasteiger partial charge in [0.2, 0.25) is 0 Å². The highest BCUT2D eigenvalue weighted by Crippen LogP contribution is 2.37. The van der Waals surface area contributed by atoms with Gasteiger partial charge >= 0.3 is 0 Å². The van der Waals surface area contributed by atoms with Gasteiger partial charge in [-0.25, -0.2) is 0 Å². The van der Waals surface area contributed by atoms with Gasteiger partial charge < -0.3 is 9.15 Å². The van der Waals surface area contributed by atoms with Crippen molar-refractivity contribution in [2.75, 3.05) is 11.5 Å². The molecule has 0 spiro atoms. The quantitative estimate of drug-likeness (QED) is 0.338. The summed E-state index contributed by atoms with van der Waals surface area (Å²) < 4.78 is 11.8. The molecular weight excluding hydrogens is 426 g/mol. The minimum atomic E-state index is -0.173. The van der Waals surface area contributed by atoms with Crippen LogP contribution in [0.15, 0.2) is 70.0 Å². The molecule has 1 aromatic heterocycles. The van der Waals surface area contributed by atoms with E-state index in [1.807, 2.05) is 55.5 Å². The summed E-state index contributed by atoms with van der Waals surface area (Å²) in [6.45, 7) is 2.51. The number of ether oxygens (including phenoxy) is 1. The average Bonchev–Trinajstić information content (AvgIpc) is 3.28. The molecule has 1 fully saturated rings. The molecule has 0 N–H and O–H groups in total. The first-order valence-electron chi connectivity index (χ1n) is 8.92. The van der Waals surface area contributed by atoms with Crippen molar-refractivity contribution in [3.05, 3.63) is 76.4 Å². The third-order valence-electron chi connectivity index (χ3n) is 4.23. The van der Waals surface area contributed by atoms with Gasteiger partial charge in [0.05, 0.1) is 17.2 Å². The van der Waals surface area contributed by atoms with Gasteiger partial charge in [-0.15, -0.1) is 0 Å². The monoisotopic (exact) mass is 441 g/mol. The maximum Gasteiger partial charge on any atom is 0.270 e. The van der Waals surface area contributed by atoms with Crippen LogP contribution in [0.5, 0.6) is 5.75 Å². The van der Waals surface area contributed by atoms with Gasteiger partial charge in [0.1, 0.15) is 17.3 Å². The third kappa shape index (κ3) is 4.24. The first-order chi connectivity index (χ1) is 14.0. The average molecular weight is 442 g/mol. The zero-order valence-electron chi connectivity index (χ0n) is 15.4. The topological polar surface area (TPSA) is 42.7 Å². The van der Waals surface area contributed by atoms with Crippen LogP contribution in [-0.4, -0.2) is 16.8 Å². The van der Waals surface area contributed by atoms with Crippen LogP contribution in [0.2, 0.25) is 5.02 Å². The Labute approximate surface area is 183 Å². The minimum absolute atomic E-state index is 0.173. The molecule has 1 amide bonds. The predicted molar refractivity (Wildman–Crippen MR) is 122 cm³/mol. The van der Waals surface area contributed by atoms with E-state index in [-0.39, 0.29) is 5.91 Å². The maximum atomic E-state index is 12.9. The summed E-state index contributed by atoms with van der Waals surface area (Å²) in [6, 6.07) is 18.4. The summed E-state index contributed by atoms with van der Waals surface area (Å²) in [6.07, 6.45) is 1.72. The summed E-state index contributed by atoms with van der Waals surface area (Å²) in [7, 11) is 0. The molecule has 2 heterocycles. The highest BCUT2D eigenvalue weighted by molar-refractivity contribution is 8.27. The first kappa shape index (κ1) is 19.8. The highest BCUT2D eigenvalue weighted by atomic mass is 35.5. The Hall–Kier alpha value is -2.54. The van der Waals surface area contributed by atoms with Crippen LogP contribution in [0.3, 0.4) is 0 Å². The van der Waals surface area contributed by atoms with E-state index in [2.05, 4.69) is 0 Å². The Balaban J connectivity index is 1.55. The van der Waals surface area contributed by atoms with E-state index in [0.717, 1.165) is 11.3 Å². The molecule has 0 aliphatic carbocycles. The van der Waals surface area contributed by atoms with Gasteiger partial charge in [-0.1, -0.05) is 35.6 Å². The van der Waals surface area contributed by atoms with Crippen molar-refractivity contribution >= 4 is 57.6 Å². The molecule has 0 bridgehead atoms. The number of carbonyl (C=O) groups is 1.